The van der Waals surface area contributed by atoms with Crippen LogP contribution in [-0.4, -0.2) is 37.8 Å². The molecule has 1 aliphatic rings. The molecule has 3 N–H and O–H groups in total. The first-order valence-electron chi connectivity index (χ1n) is 8.29. The Balaban J connectivity index is 1.95. The predicted molar refractivity (Wildman–Crippen MR) is 102 cm³/mol. The van der Waals surface area contributed by atoms with Crippen LogP contribution in [0.2, 0.25) is 5.02 Å². The molecular weight excluding hydrogens is 366 g/mol. The monoisotopic (exact) mass is 381 g/mol. The summed E-state index contributed by atoms with van der Waals surface area (Å²) in [4.78, 5) is 14.5. The summed E-state index contributed by atoms with van der Waals surface area (Å²) in [6.45, 7) is 4.05. The number of phenols is 2. The molecule has 6 nitrogen and oxygen atoms in total. The maximum absolute atomic E-state index is 12.9. The number of H-pyrrole nitrogens is 1. The second-order valence-electron chi connectivity index (χ2n) is 6.27. The number of halogens is 1. The van der Waals surface area contributed by atoms with Crippen molar-refractivity contribution in [2.45, 2.75) is 6.04 Å². The third-order valence-electron chi connectivity index (χ3n) is 4.59. The number of carbonyl (C=O) groups is 1. The lowest BCUT2D eigenvalue weighted by Gasteiger charge is -2.25. The Bertz CT molecular complexity index is 1060. The van der Waals surface area contributed by atoms with Crippen LogP contribution in [0.25, 0.3) is 11.3 Å². The fraction of sp³-hybridized carbons (Fsp3) is 0.100. The lowest BCUT2D eigenvalue weighted by atomic mass is 9.95. The van der Waals surface area contributed by atoms with Crippen LogP contribution in [0.1, 0.15) is 27.7 Å². The third-order valence-corrected chi connectivity index (χ3v) is 4.82. The minimum Gasteiger partial charge on any atom is -0.508 e. The molecule has 1 aromatic heterocycles. The van der Waals surface area contributed by atoms with E-state index < -0.39 is 6.04 Å². The third kappa shape index (κ3) is 2.74. The second kappa shape index (κ2) is 6.48. The lowest BCUT2D eigenvalue weighted by molar-refractivity contribution is 0.0764. The maximum Gasteiger partial charge on any atom is 0.273 e. The Morgan fingerprint density at radius 1 is 1.26 bits per heavy atom. The Hall–Kier alpha value is -3.25. The number of fused-ring (bicyclic) bond motifs is 1. The van der Waals surface area contributed by atoms with Crippen LogP contribution in [0.4, 0.5) is 0 Å². The summed E-state index contributed by atoms with van der Waals surface area (Å²) in [6, 6.07) is 10.9. The molecule has 1 unspecified atom stereocenters. The number of benzene rings is 2. The SMILES string of the molecule is C=CCN1C(=O)c2[nH]nc(-c3cc(Cl)ccc3O)c2C1c1cccc(O)c1. The molecule has 2 heterocycles. The number of carbonyl (C=O) groups excluding carboxylic acids is 1. The van der Waals surface area contributed by atoms with E-state index in [2.05, 4.69) is 16.8 Å². The van der Waals surface area contributed by atoms with Gasteiger partial charge >= 0.3 is 0 Å². The van der Waals surface area contributed by atoms with Gasteiger partial charge in [-0.2, -0.15) is 5.10 Å². The lowest BCUT2D eigenvalue weighted by Crippen LogP contribution is -2.29. The van der Waals surface area contributed by atoms with Crippen molar-refractivity contribution in [3.63, 3.8) is 0 Å². The van der Waals surface area contributed by atoms with Gasteiger partial charge in [0.05, 0.1) is 6.04 Å². The van der Waals surface area contributed by atoms with E-state index in [0.29, 0.717) is 34.1 Å². The van der Waals surface area contributed by atoms with Gasteiger partial charge in [-0.3, -0.25) is 9.89 Å². The molecule has 136 valence electrons. The number of aromatic amines is 1. The molecular formula is C20H16ClN3O3. The number of hydrogen-bond acceptors (Lipinski definition) is 4. The van der Waals surface area contributed by atoms with Gasteiger partial charge in [0.1, 0.15) is 22.9 Å². The zero-order valence-electron chi connectivity index (χ0n) is 14.2. The summed E-state index contributed by atoms with van der Waals surface area (Å²) in [6.07, 6.45) is 1.64. The predicted octanol–water partition coefficient (Wildman–Crippen LogP) is 3.87. The number of aromatic hydroxyl groups is 2. The molecule has 0 fully saturated rings. The average Bonchev–Trinajstić information content (AvgIpc) is 3.17. The molecule has 0 aliphatic carbocycles. The van der Waals surface area contributed by atoms with E-state index in [4.69, 9.17) is 11.6 Å². The highest BCUT2D eigenvalue weighted by Crippen LogP contribution is 2.45. The number of nitrogens with zero attached hydrogens (tertiary/aromatic N) is 2. The Morgan fingerprint density at radius 3 is 2.81 bits per heavy atom. The summed E-state index contributed by atoms with van der Waals surface area (Å²) < 4.78 is 0. The summed E-state index contributed by atoms with van der Waals surface area (Å²) in [7, 11) is 0. The van der Waals surface area contributed by atoms with Crippen LogP contribution in [0.3, 0.4) is 0 Å². The molecule has 7 heteroatoms. The standard InChI is InChI=1S/C20H16ClN3O3/c1-2-8-24-19(11-4-3-5-13(25)9-11)16-17(22-23-18(16)20(24)27)14-10-12(21)6-7-15(14)26/h2-7,9-10,19,25-26H,1,8H2,(H,22,23). The number of rotatable bonds is 4. The zero-order valence-corrected chi connectivity index (χ0v) is 14.9. The number of phenolic OH excluding ortho intramolecular Hbond substituents is 2. The van der Waals surface area contributed by atoms with Crippen molar-refractivity contribution in [3.05, 3.63) is 77.0 Å². The smallest absolute Gasteiger partial charge is 0.273 e. The molecule has 4 rings (SSSR count). The number of hydrogen-bond donors (Lipinski definition) is 3. The largest absolute Gasteiger partial charge is 0.508 e. The minimum atomic E-state index is -0.482. The molecule has 0 saturated heterocycles. The van der Waals surface area contributed by atoms with Crippen molar-refractivity contribution in [2.24, 2.45) is 0 Å². The van der Waals surface area contributed by atoms with E-state index >= 15 is 0 Å². The van der Waals surface area contributed by atoms with Gasteiger partial charge < -0.3 is 15.1 Å². The van der Waals surface area contributed by atoms with Crippen LogP contribution >= 0.6 is 11.6 Å². The van der Waals surface area contributed by atoms with Crippen LogP contribution in [0, 0.1) is 0 Å². The molecule has 27 heavy (non-hydrogen) atoms. The normalized spacial score (nSPS) is 15.8. The Morgan fingerprint density at radius 2 is 2.07 bits per heavy atom. The van der Waals surface area contributed by atoms with Gasteiger partial charge in [-0.15, -0.1) is 6.58 Å². The van der Waals surface area contributed by atoms with Gasteiger partial charge in [-0.25, -0.2) is 0 Å². The topological polar surface area (TPSA) is 89.5 Å². The quantitative estimate of drug-likeness (QED) is 0.598. The van der Waals surface area contributed by atoms with Gasteiger partial charge in [0.15, 0.2) is 0 Å². The fourth-order valence-corrected chi connectivity index (χ4v) is 3.64. The van der Waals surface area contributed by atoms with Crippen molar-refractivity contribution >= 4 is 17.5 Å². The van der Waals surface area contributed by atoms with E-state index in [-0.39, 0.29) is 17.4 Å². The van der Waals surface area contributed by atoms with Crippen LogP contribution in [-0.2, 0) is 0 Å². The van der Waals surface area contributed by atoms with Crippen LogP contribution < -0.4 is 0 Å². The van der Waals surface area contributed by atoms with Crippen molar-refractivity contribution < 1.29 is 15.0 Å². The molecule has 1 atom stereocenters. The van der Waals surface area contributed by atoms with Crippen molar-refractivity contribution in [2.75, 3.05) is 6.54 Å². The average molecular weight is 382 g/mol. The highest BCUT2D eigenvalue weighted by Gasteiger charge is 2.42. The van der Waals surface area contributed by atoms with Crippen LogP contribution in [0.15, 0.2) is 55.1 Å². The summed E-state index contributed by atoms with van der Waals surface area (Å²) in [5.74, 6) is -0.112. The molecule has 3 aromatic rings. The van der Waals surface area contributed by atoms with E-state index in [1.165, 1.54) is 6.07 Å². The van der Waals surface area contributed by atoms with E-state index in [0.717, 1.165) is 5.56 Å². The van der Waals surface area contributed by atoms with E-state index in [9.17, 15) is 15.0 Å². The van der Waals surface area contributed by atoms with Crippen molar-refractivity contribution in [1.29, 1.82) is 0 Å². The molecule has 1 aliphatic heterocycles. The zero-order chi connectivity index (χ0) is 19.1. The highest BCUT2D eigenvalue weighted by molar-refractivity contribution is 6.31. The highest BCUT2D eigenvalue weighted by atomic mass is 35.5. The van der Waals surface area contributed by atoms with E-state index in [1.807, 2.05) is 6.07 Å². The summed E-state index contributed by atoms with van der Waals surface area (Å²) >= 11 is 6.09. The van der Waals surface area contributed by atoms with Crippen LogP contribution in [0.5, 0.6) is 11.5 Å². The van der Waals surface area contributed by atoms with E-state index in [1.54, 1.807) is 41.3 Å². The Kier molecular flexibility index (Phi) is 4.12. The minimum absolute atomic E-state index is 0.0120. The maximum atomic E-state index is 12.9. The van der Waals surface area contributed by atoms with Gasteiger partial charge in [-0.1, -0.05) is 29.8 Å². The molecule has 0 radical (unpaired) electrons. The Labute approximate surface area is 160 Å². The van der Waals surface area contributed by atoms with Crippen molar-refractivity contribution in [1.82, 2.24) is 15.1 Å². The molecule has 0 spiro atoms. The fourth-order valence-electron chi connectivity index (χ4n) is 3.47. The number of nitrogens with one attached hydrogen (secondary N) is 1. The summed E-state index contributed by atoms with van der Waals surface area (Å²) in [5.41, 5.74) is 2.58. The molecule has 2 aromatic carbocycles. The number of amides is 1. The van der Waals surface area contributed by atoms with Gasteiger partial charge in [0, 0.05) is 22.7 Å². The van der Waals surface area contributed by atoms with Crippen molar-refractivity contribution in [3.8, 4) is 22.8 Å². The first-order chi connectivity index (χ1) is 13.0. The second-order valence-corrected chi connectivity index (χ2v) is 6.70. The van der Waals surface area contributed by atoms with Gasteiger partial charge in [0.2, 0.25) is 0 Å². The first-order valence-corrected chi connectivity index (χ1v) is 8.67. The molecule has 1 amide bonds. The van der Waals surface area contributed by atoms with Gasteiger partial charge in [0.25, 0.3) is 5.91 Å². The summed E-state index contributed by atoms with van der Waals surface area (Å²) in [5, 5.41) is 27.7. The first kappa shape index (κ1) is 17.2. The molecule has 0 saturated carbocycles. The molecule has 0 bridgehead atoms. The van der Waals surface area contributed by atoms with Gasteiger partial charge in [-0.05, 0) is 35.9 Å². The number of aromatic nitrogens is 2.